The first-order valence-electron chi connectivity index (χ1n) is 6.35. The Morgan fingerprint density at radius 2 is 2.00 bits per heavy atom. The van der Waals surface area contributed by atoms with Gasteiger partial charge >= 0.3 is 0 Å². The number of rotatable bonds is 7. The Morgan fingerprint density at radius 1 is 1.26 bits per heavy atom. The summed E-state index contributed by atoms with van der Waals surface area (Å²) in [6, 6.07) is 4.22. The topological polar surface area (TPSA) is 41.1 Å². The van der Waals surface area contributed by atoms with Crippen LogP contribution >= 0.6 is 27.7 Å². The summed E-state index contributed by atoms with van der Waals surface area (Å²) < 4.78 is 1.12. The van der Waals surface area contributed by atoms with Crippen molar-refractivity contribution in [2.45, 2.75) is 25.2 Å². The van der Waals surface area contributed by atoms with E-state index < -0.39 is 0 Å². The lowest BCUT2D eigenvalue weighted by Crippen LogP contribution is -2.28. The molecular formula is C14H21BrN2OS. The lowest BCUT2D eigenvalue weighted by molar-refractivity contribution is -0.118. The van der Waals surface area contributed by atoms with Crippen LogP contribution in [0, 0.1) is 13.8 Å². The van der Waals surface area contributed by atoms with Crippen LogP contribution in [0.4, 0.5) is 0 Å². The summed E-state index contributed by atoms with van der Waals surface area (Å²) in [5, 5.41) is 5.98. The number of nitrogens with one attached hydrogen (secondary N) is 2. The number of benzene rings is 1. The second-order valence-corrected chi connectivity index (χ2v) is 6.33. The number of carbonyl (C=O) groups is 1. The molecule has 1 aromatic carbocycles. The molecule has 1 rings (SSSR count). The molecule has 0 heterocycles. The fourth-order valence-corrected chi connectivity index (χ4v) is 2.99. The van der Waals surface area contributed by atoms with Gasteiger partial charge in [0.1, 0.15) is 0 Å². The van der Waals surface area contributed by atoms with Crippen LogP contribution in [-0.2, 0) is 4.79 Å². The van der Waals surface area contributed by atoms with E-state index in [0.717, 1.165) is 24.0 Å². The molecule has 0 atom stereocenters. The van der Waals surface area contributed by atoms with Gasteiger partial charge in [-0.05, 0) is 57.1 Å². The van der Waals surface area contributed by atoms with E-state index in [9.17, 15) is 4.79 Å². The Kier molecular flexibility index (Phi) is 7.49. The highest BCUT2D eigenvalue weighted by molar-refractivity contribution is 9.10. The largest absolute Gasteiger partial charge is 0.355 e. The molecule has 0 unspecified atom stereocenters. The van der Waals surface area contributed by atoms with Crippen LogP contribution in [0.15, 0.2) is 21.5 Å². The minimum absolute atomic E-state index is 0.0982. The maximum atomic E-state index is 11.7. The van der Waals surface area contributed by atoms with E-state index in [1.54, 1.807) is 11.8 Å². The second-order valence-electron chi connectivity index (χ2n) is 4.46. The number of hydrogen-bond acceptors (Lipinski definition) is 3. The SMILES string of the molecule is CNCCCNC(=O)CSc1cc(C)c(Br)cc1C. The van der Waals surface area contributed by atoms with Crippen molar-refractivity contribution in [1.29, 1.82) is 0 Å². The smallest absolute Gasteiger partial charge is 0.230 e. The van der Waals surface area contributed by atoms with E-state index >= 15 is 0 Å². The number of halogens is 1. The summed E-state index contributed by atoms with van der Waals surface area (Å²) in [5.74, 6) is 0.572. The molecule has 0 radical (unpaired) electrons. The van der Waals surface area contributed by atoms with Gasteiger partial charge in [-0.15, -0.1) is 11.8 Å². The Morgan fingerprint density at radius 3 is 2.68 bits per heavy atom. The zero-order valence-corrected chi connectivity index (χ0v) is 14.1. The molecular weight excluding hydrogens is 324 g/mol. The summed E-state index contributed by atoms with van der Waals surface area (Å²) in [5.41, 5.74) is 2.40. The van der Waals surface area contributed by atoms with Gasteiger partial charge < -0.3 is 10.6 Å². The predicted molar refractivity (Wildman–Crippen MR) is 85.9 cm³/mol. The minimum atomic E-state index is 0.0982. The first-order chi connectivity index (χ1) is 9.04. The van der Waals surface area contributed by atoms with Gasteiger partial charge in [0, 0.05) is 15.9 Å². The summed E-state index contributed by atoms with van der Waals surface area (Å²) in [4.78, 5) is 12.9. The van der Waals surface area contributed by atoms with Crippen LogP contribution in [0.1, 0.15) is 17.5 Å². The predicted octanol–water partition coefficient (Wildman–Crippen LogP) is 2.88. The maximum Gasteiger partial charge on any atom is 0.230 e. The molecule has 1 amide bonds. The average molecular weight is 345 g/mol. The molecule has 19 heavy (non-hydrogen) atoms. The van der Waals surface area contributed by atoms with Crippen LogP contribution in [0.2, 0.25) is 0 Å². The summed E-state index contributed by atoms with van der Waals surface area (Å²) in [6.07, 6.45) is 0.962. The van der Waals surface area contributed by atoms with E-state index in [1.165, 1.54) is 16.0 Å². The van der Waals surface area contributed by atoms with Crippen LogP contribution in [-0.4, -0.2) is 31.8 Å². The number of amides is 1. The number of carbonyl (C=O) groups excluding carboxylic acids is 1. The summed E-state index contributed by atoms with van der Waals surface area (Å²) in [7, 11) is 1.91. The normalized spacial score (nSPS) is 10.5. The Hall–Kier alpha value is -0.520. The van der Waals surface area contributed by atoms with Crippen molar-refractivity contribution in [3.63, 3.8) is 0 Å². The quantitative estimate of drug-likeness (QED) is 0.590. The lowest BCUT2D eigenvalue weighted by atomic mass is 10.2. The molecule has 0 bridgehead atoms. The van der Waals surface area contributed by atoms with Gasteiger partial charge in [0.15, 0.2) is 0 Å². The molecule has 0 aliphatic rings. The van der Waals surface area contributed by atoms with Gasteiger partial charge in [-0.25, -0.2) is 0 Å². The highest BCUT2D eigenvalue weighted by Gasteiger charge is 2.06. The van der Waals surface area contributed by atoms with Gasteiger partial charge in [0.2, 0.25) is 5.91 Å². The Bertz CT molecular complexity index is 438. The summed E-state index contributed by atoms with van der Waals surface area (Å²) >= 11 is 5.11. The molecule has 0 aromatic heterocycles. The second kappa shape index (κ2) is 8.61. The molecule has 0 saturated carbocycles. The van der Waals surface area contributed by atoms with E-state index in [2.05, 4.69) is 52.5 Å². The van der Waals surface area contributed by atoms with E-state index in [-0.39, 0.29) is 5.91 Å². The highest BCUT2D eigenvalue weighted by atomic mass is 79.9. The Balaban J connectivity index is 2.40. The third-order valence-corrected chi connectivity index (χ3v) is 4.75. The maximum absolute atomic E-state index is 11.7. The first kappa shape index (κ1) is 16.5. The molecule has 0 saturated heterocycles. The highest BCUT2D eigenvalue weighted by Crippen LogP contribution is 2.28. The molecule has 0 fully saturated rings. The lowest BCUT2D eigenvalue weighted by Gasteiger charge is -2.09. The van der Waals surface area contributed by atoms with Crippen molar-refractivity contribution >= 4 is 33.6 Å². The van der Waals surface area contributed by atoms with Gasteiger partial charge in [-0.1, -0.05) is 15.9 Å². The van der Waals surface area contributed by atoms with Gasteiger partial charge in [0.25, 0.3) is 0 Å². The van der Waals surface area contributed by atoms with Gasteiger partial charge in [0.05, 0.1) is 5.75 Å². The number of hydrogen-bond donors (Lipinski definition) is 2. The van der Waals surface area contributed by atoms with E-state index in [4.69, 9.17) is 0 Å². The van der Waals surface area contributed by atoms with Crippen LogP contribution in [0.25, 0.3) is 0 Å². The Labute approximate surface area is 128 Å². The third kappa shape index (κ3) is 5.97. The molecule has 1 aromatic rings. The van der Waals surface area contributed by atoms with Crippen molar-refractivity contribution < 1.29 is 4.79 Å². The fraction of sp³-hybridized carbons (Fsp3) is 0.500. The van der Waals surface area contributed by atoms with Crippen molar-refractivity contribution in [2.75, 3.05) is 25.9 Å². The van der Waals surface area contributed by atoms with Crippen LogP contribution in [0.3, 0.4) is 0 Å². The number of thioether (sulfide) groups is 1. The molecule has 2 N–H and O–H groups in total. The first-order valence-corrected chi connectivity index (χ1v) is 8.13. The van der Waals surface area contributed by atoms with E-state index in [0.29, 0.717) is 5.75 Å². The van der Waals surface area contributed by atoms with E-state index in [1.807, 2.05) is 7.05 Å². The average Bonchev–Trinajstić information content (AvgIpc) is 2.37. The zero-order chi connectivity index (χ0) is 14.3. The van der Waals surface area contributed by atoms with Crippen LogP contribution < -0.4 is 10.6 Å². The molecule has 0 aliphatic heterocycles. The monoisotopic (exact) mass is 344 g/mol. The van der Waals surface area contributed by atoms with Crippen molar-refractivity contribution in [1.82, 2.24) is 10.6 Å². The minimum Gasteiger partial charge on any atom is -0.355 e. The molecule has 0 aliphatic carbocycles. The van der Waals surface area contributed by atoms with Crippen molar-refractivity contribution in [3.8, 4) is 0 Å². The van der Waals surface area contributed by atoms with Crippen molar-refractivity contribution in [3.05, 3.63) is 27.7 Å². The fourth-order valence-electron chi connectivity index (χ4n) is 1.60. The molecule has 0 spiro atoms. The summed E-state index contributed by atoms with van der Waals surface area (Å²) in [6.45, 7) is 5.79. The molecule has 106 valence electrons. The zero-order valence-electron chi connectivity index (χ0n) is 11.7. The molecule has 5 heteroatoms. The number of aryl methyl sites for hydroxylation is 2. The third-order valence-electron chi connectivity index (χ3n) is 2.74. The standard InChI is InChI=1S/C14H21BrN2OS/c1-10-8-13(11(2)7-12(10)15)19-9-14(18)17-6-4-5-16-3/h7-8,16H,4-6,9H2,1-3H3,(H,17,18). The van der Waals surface area contributed by atoms with Gasteiger partial charge in [-0.3, -0.25) is 4.79 Å². The van der Waals surface area contributed by atoms with Crippen LogP contribution in [0.5, 0.6) is 0 Å². The van der Waals surface area contributed by atoms with Gasteiger partial charge in [-0.2, -0.15) is 0 Å². The van der Waals surface area contributed by atoms with Crippen molar-refractivity contribution in [2.24, 2.45) is 0 Å². The molecule has 3 nitrogen and oxygen atoms in total.